The lowest BCUT2D eigenvalue weighted by Crippen LogP contribution is -2.26. The van der Waals surface area contributed by atoms with Gasteiger partial charge in [0.25, 0.3) is 0 Å². The van der Waals surface area contributed by atoms with Crippen LogP contribution in [0.3, 0.4) is 0 Å². The maximum atomic E-state index is 5.98. The molecule has 0 rings (SSSR count). The molecular formula is C14H27AlO. The van der Waals surface area contributed by atoms with Gasteiger partial charge in [-0.05, 0) is 33.6 Å². The average molecular weight is 238 g/mol. The summed E-state index contributed by atoms with van der Waals surface area (Å²) in [6.07, 6.45) is 4.99. The standard InChI is InChI=1S/C12H21O.2CH3.Al/c1-6-8-9-10-11(7-2)13-12(3,4)5;;;/h11H,6,8-10H2,1,3-5H3;2*1H3;/t11-;;;/m1.../s1. The highest BCUT2D eigenvalue weighted by atomic mass is 27.2. The zero-order valence-electron chi connectivity index (χ0n) is 11.9. The lowest BCUT2D eigenvalue weighted by atomic mass is 10.1. The molecule has 2 heteroatoms. The first kappa shape index (κ1) is 16.1. The quantitative estimate of drug-likeness (QED) is 0.399. The van der Waals surface area contributed by atoms with Crippen LogP contribution >= 0.6 is 0 Å². The molecule has 0 bridgehead atoms. The molecule has 0 fully saturated rings. The summed E-state index contributed by atoms with van der Waals surface area (Å²) < 4.78 is 5.98. The fourth-order valence-electron chi connectivity index (χ4n) is 1.43. The van der Waals surface area contributed by atoms with E-state index in [1.165, 1.54) is 19.3 Å². The van der Waals surface area contributed by atoms with Gasteiger partial charge in [-0.3, -0.25) is 0 Å². The fourth-order valence-corrected chi connectivity index (χ4v) is 1.95. The van der Waals surface area contributed by atoms with Crippen LogP contribution in [0.15, 0.2) is 0 Å². The third-order valence-electron chi connectivity index (χ3n) is 2.10. The molecule has 0 amide bonds. The van der Waals surface area contributed by atoms with Crippen molar-refractivity contribution < 1.29 is 4.74 Å². The predicted molar refractivity (Wildman–Crippen MR) is 74.0 cm³/mol. The summed E-state index contributed by atoms with van der Waals surface area (Å²) in [4.78, 5) is 3.36. The third kappa shape index (κ3) is 10.6. The van der Waals surface area contributed by atoms with E-state index in [9.17, 15) is 0 Å². The van der Waals surface area contributed by atoms with Crippen molar-refractivity contribution in [2.45, 2.75) is 76.7 Å². The van der Waals surface area contributed by atoms with Gasteiger partial charge >= 0.3 is 14.1 Å². The van der Waals surface area contributed by atoms with Gasteiger partial charge in [0, 0.05) is 0 Å². The van der Waals surface area contributed by atoms with Gasteiger partial charge in [-0.2, -0.15) is 0 Å². The predicted octanol–water partition coefficient (Wildman–Crippen LogP) is 4.05. The highest BCUT2D eigenvalue weighted by molar-refractivity contribution is 6.64. The first-order chi connectivity index (χ1) is 7.35. The Hall–Kier alpha value is 0.0525. The number of hydrogen-bond acceptors (Lipinski definition) is 1. The summed E-state index contributed by atoms with van der Waals surface area (Å²) in [7, 11) is 0. The van der Waals surface area contributed by atoms with E-state index in [-0.39, 0.29) is 11.7 Å². The molecule has 0 aromatic carbocycles. The summed E-state index contributed by atoms with van der Waals surface area (Å²) in [5.41, 5.74) is -0.0793. The van der Waals surface area contributed by atoms with E-state index in [2.05, 4.69) is 50.0 Å². The van der Waals surface area contributed by atoms with Crippen molar-refractivity contribution >= 4 is 14.1 Å². The molecule has 0 aliphatic rings. The molecule has 0 saturated carbocycles. The van der Waals surface area contributed by atoms with Crippen molar-refractivity contribution in [1.82, 2.24) is 0 Å². The van der Waals surface area contributed by atoms with Crippen molar-refractivity contribution in [2.24, 2.45) is 0 Å². The maximum Gasteiger partial charge on any atom is 0.369 e. The molecule has 92 valence electrons. The molecular weight excluding hydrogens is 211 g/mol. The van der Waals surface area contributed by atoms with Crippen LogP contribution in [0.1, 0.15) is 53.4 Å². The van der Waals surface area contributed by atoms with Crippen molar-refractivity contribution in [1.29, 1.82) is 0 Å². The van der Waals surface area contributed by atoms with E-state index in [4.69, 9.17) is 4.74 Å². The molecule has 0 saturated heterocycles. The zero-order chi connectivity index (χ0) is 12.6. The molecule has 0 heterocycles. The molecule has 16 heavy (non-hydrogen) atoms. The Morgan fingerprint density at radius 1 is 1.19 bits per heavy atom. The van der Waals surface area contributed by atoms with E-state index in [0.717, 1.165) is 6.42 Å². The molecule has 0 N–H and O–H groups in total. The SMILES string of the molecule is CCCCC[C@@H](C#[C][Al]([CH3])[CH3])OC(C)(C)C. The molecule has 0 aliphatic heterocycles. The monoisotopic (exact) mass is 238 g/mol. The molecule has 1 nitrogen and oxygen atoms in total. The van der Waals surface area contributed by atoms with E-state index in [1.54, 1.807) is 0 Å². The summed E-state index contributed by atoms with van der Waals surface area (Å²) in [6.45, 7) is 8.54. The minimum atomic E-state index is -0.777. The van der Waals surface area contributed by atoms with Crippen LogP contribution in [0, 0.1) is 10.7 Å². The molecule has 0 aliphatic carbocycles. The van der Waals surface area contributed by atoms with Crippen LogP contribution in [-0.4, -0.2) is 25.9 Å². The Morgan fingerprint density at radius 3 is 2.25 bits per heavy atom. The highest BCUT2D eigenvalue weighted by Gasteiger charge is 2.16. The minimum absolute atomic E-state index is 0.0793. The number of unbranched alkanes of at least 4 members (excludes halogenated alkanes) is 2. The van der Waals surface area contributed by atoms with Gasteiger partial charge in [0.1, 0.15) is 6.10 Å². The van der Waals surface area contributed by atoms with E-state index >= 15 is 0 Å². The molecule has 0 unspecified atom stereocenters. The second kappa shape index (κ2) is 8.19. The highest BCUT2D eigenvalue weighted by Crippen LogP contribution is 2.15. The van der Waals surface area contributed by atoms with Crippen LogP contribution < -0.4 is 0 Å². The lowest BCUT2D eigenvalue weighted by Gasteiger charge is -2.24. The van der Waals surface area contributed by atoms with Crippen molar-refractivity contribution in [3.63, 3.8) is 0 Å². The van der Waals surface area contributed by atoms with E-state index in [1.807, 2.05) is 0 Å². The van der Waals surface area contributed by atoms with Gasteiger partial charge in [0.2, 0.25) is 0 Å². The Labute approximate surface area is 106 Å². The molecule has 0 aromatic heterocycles. The van der Waals surface area contributed by atoms with Crippen molar-refractivity contribution in [3.05, 3.63) is 0 Å². The van der Waals surface area contributed by atoms with Gasteiger partial charge in [-0.15, -0.1) is 0 Å². The van der Waals surface area contributed by atoms with Crippen LogP contribution in [-0.2, 0) is 4.74 Å². The zero-order valence-corrected chi connectivity index (χ0v) is 13.0. The lowest BCUT2D eigenvalue weighted by molar-refractivity contribution is -0.0373. The molecule has 0 spiro atoms. The topological polar surface area (TPSA) is 9.23 Å². The summed E-state index contributed by atoms with van der Waals surface area (Å²) in [5.74, 6) is 7.84. The van der Waals surface area contributed by atoms with Gasteiger partial charge in [-0.1, -0.05) is 37.3 Å². The molecule has 0 radical (unpaired) electrons. The fraction of sp³-hybridized carbons (Fsp3) is 0.857. The van der Waals surface area contributed by atoms with Crippen molar-refractivity contribution in [3.8, 4) is 10.7 Å². The van der Waals surface area contributed by atoms with E-state index < -0.39 is 14.1 Å². The Morgan fingerprint density at radius 2 is 1.81 bits per heavy atom. The second-order valence-electron chi connectivity index (χ2n) is 5.66. The van der Waals surface area contributed by atoms with Crippen molar-refractivity contribution in [2.75, 3.05) is 0 Å². The van der Waals surface area contributed by atoms with Crippen LogP contribution in [0.5, 0.6) is 0 Å². The Kier molecular flexibility index (Phi) is 8.22. The molecule has 0 aromatic rings. The average Bonchev–Trinajstić information content (AvgIpc) is 2.12. The summed E-state index contributed by atoms with van der Waals surface area (Å²) >= 11 is -0.777. The van der Waals surface area contributed by atoms with Gasteiger partial charge < -0.3 is 4.74 Å². The Balaban J connectivity index is 4.24. The van der Waals surface area contributed by atoms with Gasteiger partial charge in [0.05, 0.1) is 5.60 Å². The van der Waals surface area contributed by atoms with Crippen LogP contribution in [0.4, 0.5) is 0 Å². The van der Waals surface area contributed by atoms with Gasteiger partial charge in [-0.25, -0.2) is 4.78 Å². The van der Waals surface area contributed by atoms with Gasteiger partial charge in [0.15, 0.2) is 0 Å². The van der Waals surface area contributed by atoms with E-state index in [0.29, 0.717) is 0 Å². The minimum Gasteiger partial charge on any atom is -0.360 e. The largest absolute Gasteiger partial charge is 0.369 e. The third-order valence-corrected chi connectivity index (χ3v) is 2.84. The van der Waals surface area contributed by atoms with Crippen LogP contribution in [0.25, 0.3) is 0 Å². The molecule has 1 atom stereocenters. The first-order valence-electron chi connectivity index (χ1n) is 6.54. The second-order valence-corrected chi connectivity index (χ2v) is 8.26. The van der Waals surface area contributed by atoms with Crippen LogP contribution in [0.2, 0.25) is 11.6 Å². The summed E-state index contributed by atoms with van der Waals surface area (Å²) in [6, 6.07) is 0. The first-order valence-corrected chi connectivity index (χ1v) is 9.42. The normalized spacial score (nSPS) is 12.9. The maximum absolute atomic E-state index is 5.98. The summed E-state index contributed by atoms with van der Waals surface area (Å²) in [5, 5.41) is 0. The number of ether oxygens (including phenoxy) is 1. The number of hydrogen-bond donors (Lipinski definition) is 0. The Bertz CT molecular complexity index is 229. The number of rotatable bonds is 5. The smallest absolute Gasteiger partial charge is 0.360 e.